The van der Waals surface area contributed by atoms with Crippen LogP contribution in [0.15, 0.2) is 52.4 Å². The SMILES string of the molecule is Nc1nc(SCc2ccc([N+](=O)[O-])cc2)[nH]c(=O)c1NC(=O)c1ccc(F)c(F)c1. The fourth-order valence-electron chi connectivity index (χ4n) is 2.35. The molecule has 0 aliphatic heterocycles. The Morgan fingerprint density at radius 2 is 1.90 bits per heavy atom. The van der Waals surface area contributed by atoms with Crippen molar-refractivity contribution >= 4 is 34.9 Å². The van der Waals surface area contributed by atoms with E-state index in [9.17, 15) is 28.5 Å². The van der Waals surface area contributed by atoms with E-state index in [-0.39, 0.29) is 27.9 Å². The molecule has 0 fully saturated rings. The average Bonchev–Trinajstić information content (AvgIpc) is 2.71. The number of nitro groups is 1. The molecule has 0 saturated heterocycles. The Balaban J connectivity index is 1.71. The van der Waals surface area contributed by atoms with Gasteiger partial charge in [-0.25, -0.2) is 13.8 Å². The number of amides is 1. The maximum absolute atomic E-state index is 13.3. The molecule has 0 atom stereocenters. The zero-order valence-corrected chi connectivity index (χ0v) is 15.8. The van der Waals surface area contributed by atoms with Crippen molar-refractivity contribution in [2.75, 3.05) is 11.1 Å². The van der Waals surface area contributed by atoms with Crippen LogP contribution in [0.5, 0.6) is 0 Å². The van der Waals surface area contributed by atoms with Gasteiger partial charge in [0.2, 0.25) is 0 Å². The minimum absolute atomic E-state index is 0.0411. The van der Waals surface area contributed by atoms with E-state index in [1.807, 2.05) is 0 Å². The van der Waals surface area contributed by atoms with Crippen LogP contribution in [0.1, 0.15) is 15.9 Å². The molecule has 0 aliphatic carbocycles. The molecule has 9 nitrogen and oxygen atoms in total. The Morgan fingerprint density at radius 3 is 2.50 bits per heavy atom. The summed E-state index contributed by atoms with van der Waals surface area (Å²) < 4.78 is 26.3. The average molecular weight is 433 g/mol. The third kappa shape index (κ3) is 4.78. The molecule has 1 aromatic heterocycles. The van der Waals surface area contributed by atoms with E-state index in [0.29, 0.717) is 11.8 Å². The van der Waals surface area contributed by atoms with Gasteiger partial charge in [0.05, 0.1) is 4.92 Å². The van der Waals surface area contributed by atoms with Gasteiger partial charge in [-0.15, -0.1) is 0 Å². The number of carbonyl (C=O) groups is 1. The molecule has 0 spiro atoms. The predicted molar refractivity (Wildman–Crippen MR) is 106 cm³/mol. The smallest absolute Gasteiger partial charge is 0.277 e. The molecule has 0 radical (unpaired) electrons. The van der Waals surface area contributed by atoms with Crippen LogP contribution in [0.3, 0.4) is 0 Å². The summed E-state index contributed by atoms with van der Waals surface area (Å²) >= 11 is 1.12. The second kappa shape index (κ2) is 8.69. The maximum atomic E-state index is 13.3. The molecule has 1 heterocycles. The van der Waals surface area contributed by atoms with E-state index in [1.54, 1.807) is 12.1 Å². The van der Waals surface area contributed by atoms with Crippen LogP contribution in [0, 0.1) is 21.7 Å². The van der Waals surface area contributed by atoms with Gasteiger partial charge >= 0.3 is 0 Å². The topological polar surface area (TPSA) is 144 Å². The van der Waals surface area contributed by atoms with Crippen molar-refractivity contribution in [2.45, 2.75) is 10.9 Å². The number of hydrogen-bond donors (Lipinski definition) is 3. The van der Waals surface area contributed by atoms with E-state index >= 15 is 0 Å². The zero-order valence-electron chi connectivity index (χ0n) is 15.0. The number of nitrogens with two attached hydrogens (primary N) is 1. The molecule has 4 N–H and O–H groups in total. The van der Waals surface area contributed by atoms with Crippen LogP contribution in [-0.4, -0.2) is 20.8 Å². The zero-order chi connectivity index (χ0) is 21.8. The van der Waals surface area contributed by atoms with Crippen molar-refractivity contribution in [1.82, 2.24) is 9.97 Å². The van der Waals surface area contributed by atoms with Gasteiger partial charge in [0.25, 0.3) is 17.2 Å². The molecule has 0 bridgehead atoms. The number of rotatable bonds is 6. The molecule has 3 aromatic rings. The first-order valence-electron chi connectivity index (χ1n) is 8.27. The second-order valence-corrected chi connectivity index (χ2v) is 6.89. The van der Waals surface area contributed by atoms with E-state index in [2.05, 4.69) is 15.3 Å². The van der Waals surface area contributed by atoms with Gasteiger partial charge in [-0.3, -0.25) is 24.7 Å². The normalized spacial score (nSPS) is 10.6. The minimum Gasteiger partial charge on any atom is -0.382 e. The van der Waals surface area contributed by atoms with E-state index < -0.39 is 28.0 Å². The number of anilines is 2. The van der Waals surface area contributed by atoms with E-state index in [0.717, 1.165) is 29.5 Å². The summed E-state index contributed by atoms with van der Waals surface area (Å²) in [5, 5.41) is 13.1. The summed E-state index contributed by atoms with van der Waals surface area (Å²) in [6, 6.07) is 8.39. The molecule has 2 aromatic carbocycles. The second-order valence-electron chi connectivity index (χ2n) is 5.93. The van der Waals surface area contributed by atoms with Gasteiger partial charge in [-0.1, -0.05) is 23.9 Å². The van der Waals surface area contributed by atoms with Crippen LogP contribution in [0.25, 0.3) is 0 Å². The first-order valence-corrected chi connectivity index (χ1v) is 9.25. The lowest BCUT2D eigenvalue weighted by Gasteiger charge is -2.09. The number of nitro benzene ring substituents is 1. The van der Waals surface area contributed by atoms with Crippen molar-refractivity contribution in [2.24, 2.45) is 0 Å². The summed E-state index contributed by atoms with van der Waals surface area (Å²) in [5.74, 6) is -3.10. The number of H-pyrrole nitrogens is 1. The van der Waals surface area contributed by atoms with Gasteiger partial charge in [0, 0.05) is 23.4 Å². The van der Waals surface area contributed by atoms with Gasteiger partial charge in [-0.2, -0.15) is 0 Å². The van der Waals surface area contributed by atoms with E-state index in [4.69, 9.17) is 5.73 Å². The summed E-state index contributed by atoms with van der Waals surface area (Å²) in [7, 11) is 0. The number of nitrogens with one attached hydrogen (secondary N) is 2. The van der Waals surface area contributed by atoms with Gasteiger partial charge in [0.15, 0.2) is 22.6 Å². The lowest BCUT2D eigenvalue weighted by atomic mass is 10.2. The summed E-state index contributed by atoms with van der Waals surface area (Å²) in [4.78, 5) is 41.0. The first-order chi connectivity index (χ1) is 14.2. The van der Waals surface area contributed by atoms with Gasteiger partial charge < -0.3 is 11.1 Å². The standard InChI is InChI=1S/C18H13F2N5O4S/c19-12-6-3-10(7-13(12)20)16(26)22-14-15(21)23-18(24-17(14)27)30-8-9-1-4-11(5-2-9)25(28)29/h1-7H,8H2,(H,22,26)(H3,21,23,24,27). The quantitative estimate of drug-likeness (QED) is 0.234. The third-order valence-electron chi connectivity index (χ3n) is 3.87. The van der Waals surface area contributed by atoms with Crippen molar-refractivity contribution in [3.63, 3.8) is 0 Å². The van der Waals surface area contributed by atoms with Crippen LogP contribution in [0.2, 0.25) is 0 Å². The fourth-order valence-corrected chi connectivity index (χ4v) is 3.17. The van der Waals surface area contributed by atoms with Crippen molar-refractivity contribution < 1.29 is 18.5 Å². The highest BCUT2D eigenvalue weighted by molar-refractivity contribution is 7.98. The molecule has 0 unspecified atom stereocenters. The molecule has 12 heteroatoms. The molecule has 154 valence electrons. The number of aromatic amines is 1. The van der Waals surface area contributed by atoms with Crippen molar-refractivity contribution in [1.29, 1.82) is 0 Å². The Labute approximate surface area is 171 Å². The number of carbonyl (C=O) groups excluding carboxylic acids is 1. The largest absolute Gasteiger partial charge is 0.382 e. The van der Waals surface area contributed by atoms with Crippen LogP contribution >= 0.6 is 11.8 Å². The Kier molecular flexibility index (Phi) is 6.06. The highest BCUT2D eigenvalue weighted by atomic mass is 32.2. The Bertz CT molecular complexity index is 1180. The molecular weight excluding hydrogens is 420 g/mol. The highest BCUT2D eigenvalue weighted by Crippen LogP contribution is 2.22. The van der Waals surface area contributed by atoms with Crippen LogP contribution in [0.4, 0.5) is 26.0 Å². The molecule has 1 amide bonds. The molecule has 0 saturated carbocycles. The number of nitrogen functional groups attached to an aromatic ring is 1. The lowest BCUT2D eigenvalue weighted by Crippen LogP contribution is -2.23. The van der Waals surface area contributed by atoms with Crippen molar-refractivity contribution in [3.05, 3.63) is 85.7 Å². The molecule has 30 heavy (non-hydrogen) atoms. The number of halogens is 2. The number of benzene rings is 2. The predicted octanol–water partition coefficient (Wildman–Crippen LogP) is 3.08. The van der Waals surface area contributed by atoms with Crippen molar-refractivity contribution in [3.8, 4) is 0 Å². The van der Waals surface area contributed by atoms with Crippen LogP contribution in [-0.2, 0) is 5.75 Å². The van der Waals surface area contributed by atoms with Gasteiger partial charge in [-0.05, 0) is 23.8 Å². The number of non-ortho nitro benzene ring substituents is 1. The summed E-state index contributed by atoms with van der Waals surface area (Å²) in [6.45, 7) is 0. The summed E-state index contributed by atoms with van der Waals surface area (Å²) in [5.41, 5.74) is 5.20. The minimum atomic E-state index is -1.21. The first kappa shape index (κ1) is 20.9. The van der Waals surface area contributed by atoms with E-state index in [1.165, 1.54) is 12.1 Å². The monoisotopic (exact) mass is 433 g/mol. The third-order valence-corrected chi connectivity index (χ3v) is 4.81. The number of hydrogen-bond acceptors (Lipinski definition) is 7. The fraction of sp³-hybridized carbons (Fsp3) is 0.0556. The van der Waals surface area contributed by atoms with Crippen LogP contribution < -0.4 is 16.6 Å². The highest BCUT2D eigenvalue weighted by Gasteiger charge is 2.16. The Hall–Kier alpha value is -3.80. The number of nitrogens with zero attached hydrogens (tertiary/aromatic N) is 2. The van der Waals surface area contributed by atoms with Gasteiger partial charge in [0.1, 0.15) is 5.69 Å². The Morgan fingerprint density at radius 1 is 1.20 bits per heavy atom. The molecular formula is C18H13F2N5O4S. The molecule has 0 aliphatic rings. The number of thioether (sulfide) groups is 1. The lowest BCUT2D eigenvalue weighted by molar-refractivity contribution is -0.384. The number of aromatic nitrogens is 2. The molecule has 3 rings (SSSR count). The summed E-state index contributed by atoms with van der Waals surface area (Å²) in [6.07, 6.45) is 0. The maximum Gasteiger partial charge on any atom is 0.277 e.